The van der Waals surface area contributed by atoms with E-state index in [2.05, 4.69) is 5.32 Å². The van der Waals surface area contributed by atoms with Gasteiger partial charge in [0, 0.05) is 17.7 Å². The van der Waals surface area contributed by atoms with Gasteiger partial charge in [0.25, 0.3) is 5.91 Å². The van der Waals surface area contributed by atoms with Gasteiger partial charge in [-0.1, -0.05) is 18.2 Å². The number of halogens is 1. The van der Waals surface area contributed by atoms with Gasteiger partial charge < -0.3 is 10.4 Å². The first-order valence-electron chi connectivity index (χ1n) is 4.79. The van der Waals surface area contributed by atoms with Gasteiger partial charge in [0.15, 0.2) is 11.4 Å². The molecule has 1 aliphatic rings. The lowest BCUT2D eigenvalue weighted by Crippen LogP contribution is -2.36. The van der Waals surface area contributed by atoms with Gasteiger partial charge in [0.2, 0.25) is 0 Å². The average Bonchev–Trinajstić information content (AvgIpc) is 2.52. The van der Waals surface area contributed by atoms with Gasteiger partial charge in [0.1, 0.15) is 0 Å². The zero-order chi connectivity index (χ0) is 11.8. The molecule has 1 aromatic carbocycles. The average molecular weight is 240 g/mol. The van der Waals surface area contributed by atoms with E-state index < -0.39 is 11.5 Å². The third-order valence-electron chi connectivity index (χ3n) is 2.60. The summed E-state index contributed by atoms with van der Waals surface area (Å²) in [5, 5.41) is 12.8. The molecule has 4 nitrogen and oxygen atoms in total. The molecule has 0 radical (unpaired) electrons. The highest BCUT2D eigenvalue weighted by atomic mass is 35.5. The lowest BCUT2D eigenvalue weighted by molar-refractivity contribution is -0.139. The highest BCUT2D eigenvalue weighted by Gasteiger charge is 2.46. The van der Waals surface area contributed by atoms with Crippen LogP contribution in [-0.4, -0.2) is 22.7 Å². The SMILES string of the molecule is O=C(CCl)CC1(O)C(=O)Nc2ccccc21. The van der Waals surface area contributed by atoms with Crippen LogP contribution in [0.4, 0.5) is 5.69 Å². The van der Waals surface area contributed by atoms with E-state index in [4.69, 9.17) is 11.6 Å². The lowest BCUT2D eigenvalue weighted by Gasteiger charge is -2.19. The number of nitrogens with one attached hydrogen (secondary N) is 1. The van der Waals surface area contributed by atoms with Gasteiger partial charge in [-0.25, -0.2) is 0 Å². The highest BCUT2D eigenvalue weighted by Crippen LogP contribution is 2.38. The molecule has 0 bridgehead atoms. The van der Waals surface area contributed by atoms with Gasteiger partial charge in [0.05, 0.1) is 5.88 Å². The maximum absolute atomic E-state index is 11.6. The second-order valence-electron chi connectivity index (χ2n) is 3.71. The molecule has 84 valence electrons. The monoisotopic (exact) mass is 239 g/mol. The van der Waals surface area contributed by atoms with Crippen LogP contribution in [0.1, 0.15) is 12.0 Å². The second-order valence-corrected chi connectivity index (χ2v) is 3.98. The fraction of sp³-hybridized carbons (Fsp3) is 0.273. The summed E-state index contributed by atoms with van der Waals surface area (Å²) in [5.74, 6) is -1.15. The Bertz CT molecular complexity index is 460. The smallest absolute Gasteiger partial charge is 0.261 e. The molecule has 0 saturated carbocycles. The standard InChI is InChI=1S/C11H10ClNO3/c12-6-7(14)5-11(16)8-3-1-2-4-9(8)13-10(11)15/h1-4,16H,5-6H2,(H,13,15). The Kier molecular flexibility index (Phi) is 2.69. The van der Waals surface area contributed by atoms with Crippen molar-refractivity contribution in [3.8, 4) is 0 Å². The van der Waals surface area contributed by atoms with Crippen LogP contribution in [0.3, 0.4) is 0 Å². The quantitative estimate of drug-likeness (QED) is 0.774. The summed E-state index contributed by atoms with van der Waals surface area (Å²) < 4.78 is 0. The van der Waals surface area contributed by atoms with Crippen LogP contribution >= 0.6 is 11.6 Å². The molecule has 1 heterocycles. The first-order chi connectivity index (χ1) is 7.58. The van der Waals surface area contributed by atoms with Gasteiger partial charge in [-0.3, -0.25) is 9.59 Å². The molecular formula is C11H10ClNO3. The molecule has 0 fully saturated rings. The van der Waals surface area contributed by atoms with Crippen molar-refractivity contribution in [1.82, 2.24) is 0 Å². The molecule has 1 aliphatic heterocycles. The molecule has 2 rings (SSSR count). The van der Waals surface area contributed by atoms with Crippen LogP contribution in [0.15, 0.2) is 24.3 Å². The summed E-state index contributed by atoms with van der Waals surface area (Å²) in [6.07, 6.45) is -0.292. The van der Waals surface area contributed by atoms with E-state index >= 15 is 0 Å². The summed E-state index contributed by atoms with van der Waals surface area (Å²) >= 11 is 5.37. The number of amides is 1. The Labute approximate surface area is 97.2 Å². The molecule has 0 aromatic heterocycles. The van der Waals surface area contributed by atoms with Gasteiger partial charge in [-0.2, -0.15) is 0 Å². The Balaban J connectivity index is 2.40. The molecule has 0 spiro atoms. The minimum atomic E-state index is -1.78. The summed E-state index contributed by atoms with van der Waals surface area (Å²) in [7, 11) is 0. The van der Waals surface area contributed by atoms with E-state index in [0.717, 1.165) is 0 Å². The molecule has 1 amide bonds. The predicted octanol–water partition coefficient (Wildman–Crippen LogP) is 1.02. The maximum Gasteiger partial charge on any atom is 0.261 e. The van der Waals surface area contributed by atoms with Gasteiger partial charge >= 0.3 is 0 Å². The number of hydrogen-bond donors (Lipinski definition) is 2. The minimum absolute atomic E-state index is 0.211. The Morgan fingerprint density at radius 1 is 1.44 bits per heavy atom. The molecule has 1 aromatic rings. The Morgan fingerprint density at radius 2 is 2.12 bits per heavy atom. The maximum atomic E-state index is 11.6. The number of alkyl halides is 1. The van der Waals surface area contributed by atoms with Crippen LogP contribution in [0.5, 0.6) is 0 Å². The van der Waals surface area contributed by atoms with E-state index in [0.29, 0.717) is 11.3 Å². The van der Waals surface area contributed by atoms with Crippen LogP contribution in [-0.2, 0) is 15.2 Å². The first-order valence-corrected chi connectivity index (χ1v) is 5.32. The Hall–Kier alpha value is -1.39. The summed E-state index contributed by atoms with van der Waals surface area (Å²) in [6, 6.07) is 6.74. The van der Waals surface area contributed by atoms with E-state index in [1.807, 2.05) is 0 Å². The third-order valence-corrected chi connectivity index (χ3v) is 2.90. The number of aliphatic hydroxyl groups is 1. The normalized spacial score (nSPS) is 22.8. The summed E-state index contributed by atoms with van der Waals surface area (Å²) in [6.45, 7) is 0. The fourth-order valence-electron chi connectivity index (χ4n) is 1.81. The van der Waals surface area contributed by atoms with Crippen molar-refractivity contribution in [2.75, 3.05) is 11.2 Å². The van der Waals surface area contributed by atoms with E-state index in [1.165, 1.54) is 0 Å². The van der Waals surface area contributed by atoms with Crippen molar-refractivity contribution in [1.29, 1.82) is 0 Å². The molecular weight excluding hydrogens is 230 g/mol. The molecule has 0 saturated heterocycles. The van der Waals surface area contributed by atoms with Crippen molar-refractivity contribution in [3.63, 3.8) is 0 Å². The lowest BCUT2D eigenvalue weighted by atomic mass is 9.90. The molecule has 5 heteroatoms. The van der Waals surface area contributed by atoms with Crippen LogP contribution in [0.2, 0.25) is 0 Å². The number of carbonyl (C=O) groups is 2. The van der Waals surface area contributed by atoms with Crippen molar-refractivity contribution in [3.05, 3.63) is 29.8 Å². The third kappa shape index (κ3) is 1.60. The molecule has 16 heavy (non-hydrogen) atoms. The van der Waals surface area contributed by atoms with Crippen molar-refractivity contribution < 1.29 is 14.7 Å². The number of benzene rings is 1. The first kappa shape index (κ1) is 11.1. The number of anilines is 1. The van der Waals surface area contributed by atoms with Crippen LogP contribution < -0.4 is 5.32 Å². The topological polar surface area (TPSA) is 66.4 Å². The summed E-state index contributed by atoms with van der Waals surface area (Å²) in [5.41, 5.74) is -0.807. The summed E-state index contributed by atoms with van der Waals surface area (Å²) in [4.78, 5) is 22.9. The minimum Gasteiger partial charge on any atom is -0.375 e. The van der Waals surface area contributed by atoms with Crippen molar-refractivity contribution in [2.24, 2.45) is 0 Å². The van der Waals surface area contributed by atoms with Crippen LogP contribution in [0, 0.1) is 0 Å². The van der Waals surface area contributed by atoms with E-state index in [-0.39, 0.29) is 18.1 Å². The van der Waals surface area contributed by atoms with Gasteiger partial charge in [-0.15, -0.1) is 11.6 Å². The number of ketones is 1. The van der Waals surface area contributed by atoms with Gasteiger partial charge in [-0.05, 0) is 6.07 Å². The van der Waals surface area contributed by atoms with E-state index in [1.54, 1.807) is 24.3 Å². The largest absolute Gasteiger partial charge is 0.375 e. The van der Waals surface area contributed by atoms with Crippen LogP contribution in [0.25, 0.3) is 0 Å². The number of fused-ring (bicyclic) bond motifs is 1. The molecule has 1 unspecified atom stereocenters. The second kappa shape index (κ2) is 3.88. The predicted molar refractivity (Wildman–Crippen MR) is 59.3 cm³/mol. The zero-order valence-corrected chi connectivity index (χ0v) is 9.12. The zero-order valence-electron chi connectivity index (χ0n) is 8.37. The number of hydrogen-bond acceptors (Lipinski definition) is 3. The number of carbonyl (C=O) groups excluding carboxylic acids is 2. The fourth-order valence-corrected chi connectivity index (χ4v) is 1.90. The number of para-hydroxylation sites is 1. The number of Topliss-reactive ketones (excluding diaryl/α,β-unsaturated/α-hetero) is 1. The van der Waals surface area contributed by atoms with Crippen molar-refractivity contribution in [2.45, 2.75) is 12.0 Å². The molecule has 0 aliphatic carbocycles. The molecule has 2 N–H and O–H groups in total. The Morgan fingerprint density at radius 3 is 2.81 bits per heavy atom. The highest BCUT2D eigenvalue weighted by molar-refractivity contribution is 6.28. The van der Waals surface area contributed by atoms with Crippen molar-refractivity contribution >= 4 is 29.0 Å². The molecule has 1 atom stereocenters. The van der Waals surface area contributed by atoms with E-state index in [9.17, 15) is 14.7 Å². The number of rotatable bonds is 3.